The molecule has 3 nitrogen and oxygen atoms in total. The SMILES string of the molecule is O=C1CCN(CC2CCCSC2)C(C(F)(F)F)CN1. The highest BCUT2D eigenvalue weighted by molar-refractivity contribution is 7.99. The van der Waals surface area contributed by atoms with Crippen molar-refractivity contribution in [3.05, 3.63) is 0 Å². The lowest BCUT2D eigenvalue weighted by Crippen LogP contribution is -2.51. The van der Waals surface area contributed by atoms with Gasteiger partial charge in [0.25, 0.3) is 0 Å². The molecule has 0 bridgehead atoms. The van der Waals surface area contributed by atoms with E-state index in [1.54, 1.807) is 0 Å². The van der Waals surface area contributed by atoms with Gasteiger partial charge in [0, 0.05) is 26.1 Å². The maximum Gasteiger partial charge on any atom is 0.405 e. The molecule has 0 aromatic heterocycles. The molecule has 1 amide bonds. The molecule has 2 heterocycles. The van der Waals surface area contributed by atoms with E-state index in [1.807, 2.05) is 11.8 Å². The summed E-state index contributed by atoms with van der Waals surface area (Å²) >= 11 is 1.82. The Balaban J connectivity index is 2.01. The van der Waals surface area contributed by atoms with E-state index in [0.717, 1.165) is 24.3 Å². The Kier molecular flexibility index (Phi) is 5.00. The molecule has 2 aliphatic rings. The van der Waals surface area contributed by atoms with Gasteiger partial charge in [0.05, 0.1) is 0 Å². The van der Waals surface area contributed by atoms with E-state index in [-0.39, 0.29) is 25.4 Å². The van der Waals surface area contributed by atoms with Gasteiger partial charge in [0.1, 0.15) is 6.04 Å². The fraction of sp³-hybridized carbons (Fsp3) is 0.917. The second-order valence-corrected chi connectivity index (χ2v) is 6.34. The van der Waals surface area contributed by atoms with Crippen molar-refractivity contribution in [1.29, 1.82) is 0 Å². The lowest BCUT2D eigenvalue weighted by molar-refractivity contribution is -0.182. The minimum atomic E-state index is -4.28. The summed E-state index contributed by atoms with van der Waals surface area (Å²) in [4.78, 5) is 12.7. The number of thioether (sulfide) groups is 1. The molecule has 2 saturated heterocycles. The van der Waals surface area contributed by atoms with Crippen molar-refractivity contribution in [1.82, 2.24) is 10.2 Å². The molecule has 7 heteroatoms. The molecule has 0 aromatic rings. The second-order valence-electron chi connectivity index (χ2n) is 5.19. The summed E-state index contributed by atoms with van der Waals surface area (Å²) in [5, 5.41) is 2.36. The number of carbonyl (C=O) groups is 1. The number of amides is 1. The Labute approximate surface area is 115 Å². The Morgan fingerprint density at radius 3 is 2.84 bits per heavy atom. The molecule has 0 radical (unpaired) electrons. The lowest BCUT2D eigenvalue weighted by atomic mass is 10.0. The molecular weight excluding hydrogens is 277 g/mol. The van der Waals surface area contributed by atoms with Crippen LogP contribution in [0.15, 0.2) is 0 Å². The second kappa shape index (κ2) is 6.35. The van der Waals surface area contributed by atoms with Crippen molar-refractivity contribution < 1.29 is 18.0 Å². The van der Waals surface area contributed by atoms with Crippen molar-refractivity contribution in [2.24, 2.45) is 5.92 Å². The van der Waals surface area contributed by atoms with Gasteiger partial charge in [0.2, 0.25) is 5.91 Å². The number of rotatable bonds is 2. The van der Waals surface area contributed by atoms with Crippen molar-refractivity contribution in [2.75, 3.05) is 31.1 Å². The average Bonchev–Trinajstić information content (AvgIpc) is 2.53. The topological polar surface area (TPSA) is 32.3 Å². The Hall–Kier alpha value is -0.430. The molecule has 0 aromatic carbocycles. The van der Waals surface area contributed by atoms with Gasteiger partial charge in [-0.05, 0) is 30.3 Å². The zero-order chi connectivity index (χ0) is 13.9. The number of hydrogen-bond donors (Lipinski definition) is 1. The smallest absolute Gasteiger partial charge is 0.354 e. The highest BCUT2D eigenvalue weighted by atomic mass is 32.2. The van der Waals surface area contributed by atoms with Crippen LogP contribution in [0, 0.1) is 5.92 Å². The Morgan fingerprint density at radius 2 is 2.21 bits per heavy atom. The van der Waals surface area contributed by atoms with Crippen LogP contribution in [0.25, 0.3) is 0 Å². The Morgan fingerprint density at radius 1 is 1.42 bits per heavy atom. The van der Waals surface area contributed by atoms with Gasteiger partial charge in [-0.1, -0.05) is 0 Å². The molecule has 2 atom stereocenters. The monoisotopic (exact) mass is 296 g/mol. The third-order valence-electron chi connectivity index (χ3n) is 3.68. The van der Waals surface area contributed by atoms with E-state index < -0.39 is 12.2 Å². The third-order valence-corrected chi connectivity index (χ3v) is 4.97. The summed E-state index contributed by atoms with van der Waals surface area (Å²) in [6.07, 6.45) is -2.04. The fourth-order valence-electron chi connectivity index (χ4n) is 2.65. The molecule has 2 unspecified atom stereocenters. The largest absolute Gasteiger partial charge is 0.405 e. The van der Waals surface area contributed by atoms with Crippen molar-refractivity contribution in [3.8, 4) is 0 Å². The van der Waals surface area contributed by atoms with Crippen molar-refractivity contribution in [2.45, 2.75) is 31.5 Å². The molecule has 0 spiro atoms. The first-order chi connectivity index (χ1) is 8.97. The zero-order valence-corrected chi connectivity index (χ0v) is 11.5. The van der Waals surface area contributed by atoms with Crippen LogP contribution in [0.2, 0.25) is 0 Å². The van der Waals surface area contributed by atoms with Crippen LogP contribution in [0.4, 0.5) is 13.2 Å². The molecule has 2 fully saturated rings. The van der Waals surface area contributed by atoms with Crippen LogP contribution in [-0.4, -0.2) is 54.2 Å². The third kappa shape index (κ3) is 4.27. The molecule has 0 saturated carbocycles. The summed E-state index contributed by atoms with van der Waals surface area (Å²) in [6, 6.07) is -1.54. The molecule has 2 aliphatic heterocycles. The van der Waals surface area contributed by atoms with Gasteiger partial charge in [-0.25, -0.2) is 0 Å². The van der Waals surface area contributed by atoms with Crippen molar-refractivity contribution >= 4 is 17.7 Å². The molecule has 0 aliphatic carbocycles. The minimum absolute atomic E-state index is 0.159. The average molecular weight is 296 g/mol. The highest BCUT2D eigenvalue weighted by Gasteiger charge is 2.45. The van der Waals surface area contributed by atoms with E-state index in [0.29, 0.717) is 12.5 Å². The van der Waals surface area contributed by atoms with Crippen LogP contribution < -0.4 is 5.32 Å². The summed E-state index contributed by atoms with van der Waals surface area (Å²) in [5.74, 6) is 2.08. The summed E-state index contributed by atoms with van der Waals surface area (Å²) in [5.41, 5.74) is 0. The summed E-state index contributed by atoms with van der Waals surface area (Å²) in [6.45, 7) is 0.339. The van der Waals surface area contributed by atoms with Gasteiger partial charge in [-0.15, -0.1) is 0 Å². The van der Waals surface area contributed by atoms with E-state index in [1.165, 1.54) is 4.90 Å². The number of hydrogen-bond acceptors (Lipinski definition) is 3. The maximum atomic E-state index is 13.1. The first-order valence-electron chi connectivity index (χ1n) is 6.62. The summed E-state index contributed by atoms with van der Waals surface area (Å²) in [7, 11) is 0. The molecular formula is C12H19F3N2OS. The number of nitrogens with one attached hydrogen (secondary N) is 1. The lowest BCUT2D eigenvalue weighted by Gasteiger charge is -2.34. The minimum Gasteiger partial charge on any atom is -0.354 e. The molecule has 2 rings (SSSR count). The number of nitrogens with zero attached hydrogens (tertiary/aromatic N) is 1. The normalized spacial score (nSPS) is 30.8. The molecule has 19 heavy (non-hydrogen) atoms. The quantitative estimate of drug-likeness (QED) is 0.844. The number of alkyl halides is 3. The van der Waals surface area contributed by atoms with Crippen LogP contribution in [-0.2, 0) is 4.79 Å². The number of halogens is 3. The van der Waals surface area contributed by atoms with E-state index in [9.17, 15) is 18.0 Å². The summed E-state index contributed by atoms with van der Waals surface area (Å²) < 4.78 is 39.2. The predicted molar refractivity (Wildman–Crippen MR) is 69.1 cm³/mol. The Bertz CT molecular complexity index is 319. The van der Waals surface area contributed by atoms with E-state index in [2.05, 4.69) is 5.32 Å². The van der Waals surface area contributed by atoms with Crippen LogP contribution in [0.3, 0.4) is 0 Å². The van der Waals surface area contributed by atoms with Crippen LogP contribution in [0.5, 0.6) is 0 Å². The predicted octanol–water partition coefficient (Wildman–Crippen LogP) is 1.88. The van der Waals surface area contributed by atoms with E-state index in [4.69, 9.17) is 0 Å². The first kappa shape index (κ1) is 15.0. The van der Waals surface area contributed by atoms with Gasteiger partial charge >= 0.3 is 6.18 Å². The fourth-order valence-corrected chi connectivity index (χ4v) is 3.80. The van der Waals surface area contributed by atoms with Gasteiger partial charge < -0.3 is 5.32 Å². The van der Waals surface area contributed by atoms with Crippen LogP contribution >= 0.6 is 11.8 Å². The van der Waals surface area contributed by atoms with Crippen LogP contribution in [0.1, 0.15) is 19.3 Å². The highest BCUT2D eigenvalue weighted by Crippen LogP contribution is 2.29. The standard InChI is InChI=1S/C12H19F3N2OS/c13-12(14,15)10-6-16-11(18)3-4-17(10)7-9-2-1-5-19-8-9/h9-10H,1-8H2,(H,16,18). The molecule has 110 valence electrons. The first-order valence-corrected chi connectivity index (χ1v) is 7.77. The van der Waals surface area contributed by atoms with Gasteiger partial charge in [0.15, 0.2) is 0 Å². The van der Waals surface area contributed by atoms with Gasteiger partial charge in [-0.3, -0.25) is 9.69 Å². The van der Waals surface area contributed by atoms with E-state index >= 15 is 0 Å². The van der Waals surface area contributed by atoms with Gasteiger partial charge in [-0.2, -0.15) is 24.9 Å². The van der Waals surface area contributed by atoms with Crippen molar-refractivity contribution in [3.63, 3.8) is 0 Å². The molecule has 1 N–H and O–H groups in total. The maximum absolute atomic E-state index is 13.1. The number of carbonyl (C=O) groups excluding carboxylic acids is 1. The zero-order valence-electron chi connectivity index (χ0n) is 10.7.